The van der Waals surface area contributed by atoms with Crippen LogP contribution >= 0.6 is 0 Å². The van der Waals surface area contributed by atoms with E-state index in [0.29, 0.717) is 0 Å². The summed E-state index contributed by atoms with van der Waals surface area (Å²) in [5.41, 5.74) is 5.60. The van der Waals surface area contributed by atoms with E-state index in [-0.39, 0.29) is 0 Å². The van der Waals surface area contributed by atoms with Crippen molar-refractivity contribution in [2.45, 2.75) is 71.1 Å². The fraction of sp³-hybridized carbons (Fsp3) is 0.882. The largest absolute Gasteiger partial charge is 0.329 e. The molecule has 2 nitrogen and oxygen atoms in total. The van der Waals surface area contributed by atoms with E-state index >= 15 is 0 Å². The lowest BCUT2D eigenvalue weighted by Crippen LogP contribution is -2.30. The molecule has 0 aliphatic rings. The van der Waals surface area contributed by atoms with Gasteiger partial charge in [-0.2, -0.15) is 0 Å². The standard InChI is InChI=1S/C17H36N2/c1-3-5-6-7-8-9-10-11-12-13-16-19(15-4-2)17-14-18/h4H,2-3,5-18H2,1H3. The lowest BCUT2D eigenvalue weighted by atomic mass is 10.1. The van der Waals surface area contributed by atoms with Gasteiger partial charge in [-0.15, -0.1) is 6.58 Å². The van der Waals surface area contributed by atoms with Crippen LogP contribution in [0.1, 0.15) is 71.1 Å². The molecule has 0 aliphatic carbocycles. The molecule has 0 aromatic carbocycles. The zero-order valence-electron chi connectivity index (χ0n) is 13.2. The van der Waals surface area contributed by atoms with Gasteiger partial charge in [-0.25, -0.2) is 0 Å². The van der Waals surface area contributed by atoms with Crippen LogP contribution in [-0.4, -0.2) is 31.1 Å². The first-order valence-electron chi connectivity index (χ1n) is 8.38. The molecule has 0 atom stereocenters. The Morgan fingerprint density at radius 2 is 1.37 bits per heavy atom. The maximum Gasteiger partial charge on any atom is 0.0161 e. The molecule has 2 N–H and O–H groups in total. The normalized spacial score (nSPS) is 11.1. The molecule has 0 aliphatic heterocycles. The topological polar surface area (TPSA) is 29.3 Å². The second-order valence-corrected chi connectivity index (χ2v) is 5.56. The van der Waals surface area contributed by atoms with Gasteiger partial charge in [-0.05, 0) is 13.0 Å². The molecule has 0 saturated carbocycles. The molecule has 19 heavy (non-hydrogen) atoms. The maximum absolute atomic E-state index is 5.60. The van der Waals surface area contributed by atoms with Crippen molar-refractivity contribution in [1.82, 2.24) is 4.90 Å². The molecule has 0 fully saturated rings. The van der Waals surface area contributed by atoms with Gasteiger partial charge < -0.3 is 5.73 Å². The number of hydrogen-bond donors (Lipinski definition) is 1. The number of nitrogens with two attached hydrogens (primary N) is 1. The van der Waals surface area contributed by atoms with Gasteiger partial charge in [-0.3, -0.25) is 4.90 Å². The van der Waals surface area contributed by atoms with Crippen molar-refractivity contribution < 1.29 is 0 Å². The van der Waals surface area contributed by atoms with Crippen molar-refractivity contribution in [3.63, 3.8) is 0 Å². The van der Waals surface area contributed by atoms with Crippen molar-refractivity contribution >= 4 is 0 Å². The monoisotopic (exact) mass is 268 g/mol. The second-order valence-electron chi connectivity index (χ2n) is 5.56. The van der Waals surface area contributed by atoms with Crippen LogP contribution in [0.3, 0.4) is 0 Å². The Bertz CT molecular complexity index is 180. The van der Waals surface area contributed by atoms with Crippen molar-refractivity contribution in [1.29, 1.82) is 0 Å². The first-order chi connectivity index (χ1) is 9.35. The number of hydrogen-bond acceptors (Lipinski definition) is 2. The maximum atomic E-state index is 5.60. The highest BCUT2D eigenvalue weighted by Crippen LogP contribution is 2.10. The molecule has 2 heteroatoms. The molecule has 0 radical (unpaired) electrons. The summed E-state index contributed by atoms with van der Waals surface area (Å²) >= 11 is 0. The lowest BCUT2D eigenvalue weighted by Gasteiger charge is -2.19. The fourth-order valence-electron chi connectivity index (χ4n) is 2.48. The zero-order chi connectivity index (χ0) is 14.2. The Morgan fingerprint density at radius 3 is 1.84 bits per heavy atom. The summed E-state index contributed by atoms with van der Waals surface area (Å²) in [6.07, 6.45) is 16.0. The lowest BCUT2D eigenvalue weighted by molar-refractivity contribution is 0.302. The summed E-state index contributed by atoms with van der Waals surface area (Å²) in [5, 5.41) is 0. The van der Waals surface area contributed by atoms with Crippen molar-refractivity contribution in [3.05, 3.63) is 12.7 Å². The first kappa shape index (κ1) is 18.7. The van der Waals surface area contributed by atoms with Gasteiger partial charge in [0.15, 0.2) is 0 Å². The highest BCUT2D eigenvalue weighted by Gasteiger charge is 2.00. The molecular weight excluding hydrogens is 232 g/mol. The molecular formula is C17H36N2. The molecule has 0 saturated heterocycles. The van der Waals surface area contributed by atoms with Gasteiger partial charge in [0.2, 0.25) is 0 Å². The molecule has 0 unspecified atom stereocenters. The highest BCUT2D eigenvalue weighted by molar-refractivity contribution is 4.73. The molecule has 0 amide bonds. The summed E-state index contributed by atoms with van der Waals surface area (Å²) in [4.78, 5) is 2.40. The van der Waals surface area contributed by atoms with Crippen LogP contribution in [0, 0.1) is 0 Å². The van der Waals surface area contributed by atoms with Gasteiger partial charge in [-0.1, -0.05) is 70.8 Å². The Labute approximate surface area is 121 Å². The highest BCUT2D eigenvalue weighted by atomic mass is 15.1. The SMILES string of the molecule is C=CCN(CCN)CCCCCCCCCCCC. The van der Waals surface area contributed by atoms with Gasteiger partial charge in [0.1, 0.15) is 0 Å². The molecule has 0 rings (SSSR count). The molecule has 114 valence electrons. The van der Waals surface area contributed by atoms with Crippen LogP contribution in [0.15, 0.2) is 12.7 Å². The van der Waals surface area contributed by atoms with E-state index in [4.69, 9.17) is 5.73 Å². The minimum absolute atomic E-state index is 0.756. The van der Waals surface area contributed by atoms with Crippen LogP contribution < -0.4 is 5.73 Å². The molecule has 0 bridgehead atoms. The molecule has 0 aromatic rings. The minimum Gasteiger partial charge on any atom is -0.329 e. The van der Waals surface area contributed by atoms with Crippen molar-refractivity contribution in [2.24, 2.45) is 5.73 Å². The summed E-state index contributed by atoms with van der Waals surface area (Å²) in [7, 11) is 0. The van der Waals surface area contributed by atoms with E-state index in [1.54, 1.807) is 0 Å². The minimum atomic E-state index is 0.756. The quantitative estimate of drug-likeness (QED) is 0.353. The first-order valence-corrected chi connectivity index (χ1v) is 8.38. The average molecular weight is 268 g/mol. The van der Waals surface area contributed by atoms with Crippen molar-refractivity contribution in [2.75, 3.05) is 26.2 Å². The third-order valence-corrected chi connectivity index (χ3v) is 3.66. The zero-order valence-corrected chi connectivity index (χ0v) is 13.2. The third-order valence-electron chi connectivity index (χ3n) is 3.66. The van der Waals surface area contributed by atoms with E-state index in [9.17, 15) is 0 Å². The van der Waals surface area contributed by atoms with E-state index in [1.807, 2.05) is 6.08 Å². The van der Waals surface area contributed by atoms with E-state index in [0.717, 1.165) is 19.6 Å². The summed E-state index contributed by atoms with van der Waals surface area (Å²) in [6.45, 7) is 10.00. The van der Waals surface area contributed by atoms with Gasteiger partial charge in [0.05, 0.1) is 0 Å². The molecule has 0 spiro atoms. The Balaban J connectivity index is 3.22. The Hall–Kier alpha value is -0.340. The van der Waals surface area contributed by atoms with Crippen LogP contribution in [-0.2, 0) is 0 Å². The Kier molecular flexibility index (Phi) is 15.4. The predicted octanol–water partition coefficient (Wildman–Crippen LogP) is 4.35. The Morgan fingerprint density at radius 1 is 0.842 bits per heavy atom. The second kappa shape index (κ2) is 15.7. The molecule has 0 heterocycles. The van der Waals surface area contributed by atoms with E-state index in [2.05, 4.69) is 18.4 Å². The fourth-order valence-corrected chi connectivity index (χ4v) is 2.48. The summed E-state index contributed by atoms with van der Waals surface area (Å²) in [5.74, 6) is 0. The summed E-state index contributed by atoms with van der Waals surface area (Å²) < 4.78 is 0. The summed E-state index contributed by atoms with van der Waals surface area (Å²) in [6, 6.07) is 0. The number of unbranched alkanes of at least 4 members (excludes halogenated alkanes) is 9. The smallest absolute Gasteiger partial charge is 0.0161 e. The number of rotatable bonds is 15. The third kappa shape index (κ3) is 13.9. The van der Waals surface area contributed by atoms with Gasteiger partial charge in [0.25, 0.3) is 0 Å². The van der Waals surface area contributed by atoms with E-state index in [1.165, 1.54) is 70.8 Å². The van der Waals surface area contributed by atoms with Crippen LogP contribution in [0.4, 0.5) is 0 Å². The van der Waals surface area contributed by atoms with Crippen LogP contribution in [0.25, 0.3) is 0 Å². The van der Waals surface area contributed by atoms with Gasteiger partial charge >= 0.3 is 0 Å². The average Bonchev–Trinajstić information content (AvgIpc) is 2.41. The van der Waals surface area contributed by atoms with E-state index < -0.39 is 0 Å². The van der Waals surface area contributed by atoms with Crippen LogP contribution in [0.5, 0.6) is 0 Å². The molecule has 0 aromatic heterocycles. The predicted molar refractivity (Wildman–Crippen MR) is 87.5 cm³/mol. The van der Waals surface area contributed by atoms with Gasteiger partial charge in [0, 0.05) is 19.6 Å². The number of nitrogens with zero attached hydrogens (tertiary/aromatic N) is 1. The van der Waals surface area contributed by atoms with Crippen LogP contribution in [0.2, 0.25) is 0 Å². The van der Waals surface area contributed by atoms with Crippen molar-refractivity contribution in [3.8, 4) is 0 Å².